The van der Waals surface area contributed by atoms with E-state index in [0.29, 0.717) is 5.92 Å². The van der Waals surface area contributed by atoms with Crippen LogP contribution in [0, 0.1) is 24.2 Å². The van der Waals surface area contributed by atoms with Crippen molar-refractivity contribution < 1.29 is 9.90 Å². The van der Waals surface area contributed by atoms with Crippen molar-refractivity contribution in [2.75, 3.05) is 0 Å². The van der Waals surface area contributed by atoms with Crippen LogP contribution in [0.3, 0.4) is 0 Å². The summed E-state index contributed by atoms with van der Waals surface area (Å²) in [6.45, 7) is 8.57. The standard InChI is InChI=1S/C23H29N3O2/c1-5-6-20-18(11-12-24)22(17-9-7-16(4)8-10-17)19(14-25-23(27)28)21(26-20)13-15(2)3/h7-10,15,25H,5-6,11,13-14H2,1-4H3,(H,27,28). The molecule has 0 unspecified atom stereocenters. The van der Waals surface area contributed by atoms with Crippen LogP contribution in [-0.4, -0.2) is 16.2 Å². The van der Waals surface area contributed by atoms with E-state index >= 15 is 0 Å². The maximum atomic E-state index is 11.2. The molecule has 2 N–H and O–H groups in total. The van der Waals surface area contributed by atoms with E-state index in [2.05, 4.69) is 32.2 Å². The Balaban J connectivity index is 2.81. The molecular formula is C23H29N3O2. The molecule has 0 aliphatic heterocycles. The smallest absolute Gasteiger partial charge is 0.404 e. The molecule has 0 aliphatic carbocycles. The summed E-state index contributed by atoms with van der Waals surface area (Å²) < 4.78 is 0. The molecule has 0 atom stereocenters. The van der Waals surface area contributed by atoms with Crippen LogP contribution in [0.15, 0.2) is 24.3 Å². The SMILES string of the molecule is CCCc1nc(CC(C)C)c(CNC(=O)O)c(-c2ccc(C)cc2)c1CC#N. The Bertz CT molecular complexity index is 865. The first-order valence-electron chi connectivity index (χ1n) is 9.81. The third-order valence-corrected chi connectivity index (χ3v) is 4.67. The first-order valence-corrected chi connectivity index (χ1v) is 9.81. The first-order chi connectivity index (χ1) is 13.4. The molecule has 0 saturated carbocycles. The fourth-order valence-corrected chi connectivity index (χ4v) is 3.46. The Morgan fingerprint density at radius 3 is 2.43 bits per heavy atom. The van der Waals surface area contributed by atoms with Crippen LogP contribution in [0.2, 0.25) is 0 Å². The fourth-order valence-electron chi connectivity index (χ4n) is 3.46. The number of nitrogens with one attached hydrogen (secondary N) is 1. The van der Waals surface area contributed by atoms with Crippen LogP contribution < -0.4 is 5.32 Å². The van der Waals surface area contributed by atoms with Crippen molar-refractivity contribution in [3.63, 3.8) is 0 Å². The van der Waals surface area contributed by atoms with Crippen molar-refractivity contribution in [1.82, 2.24) is 10.3 Å². The molecule has 148 valence electrons. The highest BCUT2D eigenvalue weighted by Gasteiger charge is 2.21. The highest BCUT2D eigenvalue weighted by molar-refractivity contribution is 5.74. The van der Waals surface area contributed by atoms with E-state index in [0.717, 1.165) is 58.5 Å². The van der Waals surface area contributed by atoms with Gasteiger partial charge in [-0.1, -0.05) is 57.0 Å². The van der Waals surface area contributed by atoms with Crippen LogP contribution in [0.4, 0.5) is 4.79 Å². The molecule has 28 heavy (non-hydrogen) atoms. The van der Waals surface area contributed by atoms with E-state index in [1.54, 1.807) is 0 Å². The molecule has 0 bridgehead atoms. The number of carboxylic acid groups (broad SMARTS) is 1. The average molecular weight is 380 g/mol. The molecular weight excluding hydrogens is 350 g/mol. The van der Waals surface area contributed by atoms with E-state index in [1.165, 1.54) is 0 Å². The molecule has 1 heterocycles. The second-order valence-corrected chi connectivity index (χ2v) is 7.54. The Morgan fingerprint density at radius 2 is 1.89 bits per heavy atom. The second kappa shape index (κ2) is 9.89. The Morgan fingerprint density at radius 1 is 1.21 bits per heavy atom. The number of amides is 1. The number of benzene rings is 1. The van der Waals surface area contributed by atoms with Gasteiger partial charge in [0.2, 0.25) is 0 Å². The number of pyridine rings is 1. The molecule has 1 aromatic heterocycles. The van der Waals surface area contributed by atoms with E-state index in [1.807, 2.05) is 31.2 Å². The van der Waals surface area contributed by atoms with Crippen molar-refractivity contribution >= 4 is 6.09 Å². The van der Waals surface area contributed by atoms with Gasteiger partial charge in [0.1, 0.15) is 0 Å². The van der Waals surface area contributed by atoms with Gasteiger partial charge in [0.05, 0.1) is 12.5 Å². The van der Waals surface area contributed by atoms with Crippen LogP contribution in [-0.2, 0) is 25.8 Å². The molecule has 1 amide bonds. The zero-order chi connectivity index (χ0) is 20.7. The van der Waals surface area contributed by atoms with Crippen molar-refractivity contribution in [3.05, 3.63) is 52.3 Å². The lowest BCUT2D eigenvalue weighted by Crippen LogP contribution is -2.23. The quantitative estimate of drug-likeness (QED) is 0.672. The van der Waals surface area contributed by atoms with Crippen molar-refractivity contribution in [2.45, 2.75) is 59.9 Å². The second-order valence-electron chi connectivity index (χ2n) is 7.54. The summed E-state index contributed by atoms with van der Waals surface area (Å²) in [6.07, 6.45) is 1.69. The van der Waals surface area contributed by atoms with E-state index in [-0.39, 0.29) is 13.0 Å². The third-order valence-electron chi connectivity index (χ3n) is 4.67. The molecule has 0 radical (unpaired) electrons. The summed E-state index contributed by atoms with van der Waals surface area (Å²) in [5.74, 6) is 0.387. The number of hydrogen-bond acceptors (Lipinski definition) is 3. The molecule has 5 heteroatoms. The van der Waals surface area contributed by atoms with Crippen LogP contribution in [0.25, 0.3) is 11.1 Å². The fraction of sp³-hybridized carbons (Fsp3) is 0.435. The lowest BCUT2D eigenvalue weighted by molar-refractivity contribution is 0.194. The predicted molar refractivity (Wildman–Crippen MR) is 111 cm³/mol. The number of hydrogen-bond donors (Lipinski definition) is 2. The van der Waals surface area contributed by atoms with Gasteiger partial charge in [-0.05, 0) is 42.4 Å². The predicted octanol–water partition coefficient (Wildman–Crippen LogP) is 5.04. The normalized spacial score (nSPS) is 10.7. The number of carbonyl (C=O) groups is 1. The number of rotatable bonds is 8. The van der Waals surface area contributed by atoms with E-state index < -0.39 is 6.09 Å². The Hall–Kier alpha value is -2.87. The van der Waals surface area contributed by atoms with Crippen molar-refractivity contribution in [2.24, 2.45) is 5.92 Å². The Labute approximate surface area is 167 Å². The maximum Gasteiger partial charge on any atom is 0.404 e. The lowest BCUT2D eigenvalue weighted by atomic mass is 9.87. The summed E-state index contributed by atoms with van der Waals surface area (Å²) in [5.41, 5.74) is 6.79. The van der Waals surface area contributed by atoms with Gasteiger partial charge in [-0.2, -0.15) is 5.26 Å². The largest absolute Gasteiger partial charge is 0.465 e. The number of nitrogens with zero attached hydrogens (tertiary/aromatic N) is 2. The van der Waals surface area contributed by atoms with Crippen LogP contribution in [0.5, 0.6) is 0 Å². The zero-order valence-electron chi connectivity index (χ0n) is 17.2. The minimum absolute atomic E-state index is 0.179. The number of nitriles is 1. The summed E-state index contributed by atoms with van der Waals surface area (Å²) in [7, 11) is 0. The minimum Gasteiger partial charge on any atom is -0.465 e. The maximum absolute atomic E-state index is 11.2. The summed E-state index contributed by atoms with van der Waals surface area (Å²) in [5, 5.41) is 21.1. The third kappa shape index (κ3) is 5.32. The Kier molecular flexibility index (Phi) is 7.57. The van der Waals surface area contributed by atoms with Crippen molar-refractivity contribution in [1.29, 1.82) is 5.26 Å². The zero-order valence-corrected chi connectivity index (χ0v) is 17.2. The van der Waals surface area contributed by atoms with Gasteiger partial charge >= 0.3 is 6.09 Å². The van der Waals surface area contributed by atoms with Gasteiger partial charge < -0.3 is 10.4 Å². The average Bonchev–Trinajstić information content (AvgIpc) is 2.63. The number of aryl methyl sites for hydroxylation is 2. The topological polar surface area (TPSA) is 86.0 Å². The van der Waals surface area contributed by atoms with Crippen molar-refractivity contribution in [3.8, 4) is 17.2 Å². The molecule has 5 nitrogen and oxygen atoms in total. The molecule has 2 rings (SSSR count). The molecule has 2 aromatic rings. The number of aromatic nitrogens is 1. The van der Waals surface area contributed by atoms with Crippen LogP contribution in [0.1, 0.15) is 55.3 Å². The van der Waals surface area contributed by atoms with Gasteiger partial charge in [0.15, 0.2) is 0 Å². The lowest BCUT2D eigenvalue weighted by Gasteiger charge is -2.22. The molecule has 0 aliphatic rings. The van der Waals surface area contributed by atoms with E-state index in [4.69, 9.17) is 4.98 Å². The molecule has 1 aromatic carbocycles. The summed E-state index contributed by atoms with van der Waals surface area (Å²) in [6, 6.07) is 10.5. The van der Waals surface area contributed by atoms with Gasteiger partial charge in [0, 0.05) is 23.5 Å². The monoisotopic (exact) mass is 379 g/mol. The summed E-state index contributed by atoms with van der Waals surface area (Å²) >= 11 is 0. The minimum atomic E-state index is -1.06. The highest BCUT2D eigenvalue weighted by Crippen LogP contribution is 2.33. The molecule has 0 spiro atoms. The first kappa shape index (κ1) is 21.4. The highest BCUT2D eigenvalue weighted by atomic mass is 16.4. The molecule has 0 fully saturated rings. The van der Waals surface area contributed by atoms with Gasteiger partial charge in [0.25, 0.3) is 0 Å². The molecule has 0 saturated heterocycles. The van der Waals surface area contributed by atoms with Gasteiger partial charge in [-0.25, -0.2) is 4.79 Å². The van der Waals surface area contributed by atoms with E-state index in [9.17, 15) is 15.2 Å². The van der Waals surface area contributed by atoms with Gasteiger partial charge in [-0.15, -0.1) is 0 Å². The van der Waals surface area contributed by atoms with Crippen LogP contribution >= 0.6 is 0 Å². The van der Waals surface area contributed by atoms with Gasteiger partial charge in [-0.3, -0.25) is 4.98 Å². The summed E-state index contributed by atoms with van der Waals surface area (Å²) in [4.78, 5) is 16.1.